The molecule has 0 spiro atoms. The van der Waals surface area contributed by atoms with Gasteiger partial charge in [0.1, 0.15) is 11.4 Å². The van der Waals surface area contributed by atoms with Crippen LogP contribution >= 0.6 is 23.4 Å². The third kappa shape index (κ3) is 5.53. The number of nitrogens with zero attached hydrogens (tertiary/aromatic N) is 4. The molecule has 0 saturated heterocycles. The van der Waals surface area contributed by atoms with Gasteiger partial charge >= 0.3 is 6.61 Å². The van der Waals surface area contributed by atoms with Crippen molar-refractivity contribution in [2.45, 2.75) is 32.4 Å². The molecule has 1 aromatic carbocycles. The van der Waals surface area contributed by atoms with E-state index < -0.39 is 6.61 Å². The number of rotatable bonds is 7. The fourth-order valence-electron chi connectivity index (χ4n) is 3.27. The maximum atomic E-state index is 12.9. The number of aromatic nitrogens is 2. The lowest BCUT2D eigenvalue weighted by molar-refractivity contribution is -0.123. The fourth-order valence-corrected chi connectivity index (χ4v) is 4.36. The van der Waals surface area contributed by atoms with Crippen molar-refractivity contribution in [3.05, 3.63) is 46.4 Å². The molecule has 1 N–H and O–H groups in total. The van der Waals surface area contributed by atoms with E-state index in [4.69, 9.17) is 11.6 Å². The predicted molar refractivity (Wildman–Crippen MR) is 122 cm³/mol. The lowest BCUT2D eigenvalue weighted by Gasteiger charge is -2.16. The van der Waals surface area contributed by atoms with Gasteiger partial charge in [-0.05, 0) is 44.0 Å². The van der Waals surface area contributed by atoms with Crippen molar-refractivity contribution in [1.82, 2.24) is 14.7 Å². The minimum Gasteiger partial charge on any atom is -0.433 e. The Labute approximate surface area is 197 Å². The van der Waals surface area contributed by atoms with Crippen LogP contribution in [0.1, 0.15) is 24.1 Å². The lowest BCUT2D eigenvalue weighted by Crippen LogP contribution is -2.33. The molecule has 174 valence electrons. The van der Waals surface area contributed by atoms with Gasteiger partial charge in [-0.2, -0.15) is 13.9 Å². The van der Waals surface area contributed by atoms with Crippen molar-refractivity contribution >= 4 is 52.1 Å². The van der Waals surface area contributed by atoms with Crippen LogP contribution in [-0.2, 0) is 16.6 Å². The zero-order chi connectivity index (χ0) is 23.7. The molecule has 33 heavy (non-hydrogen) atoms. The Hall–Kier alpha value is -2.92. The number of thioether (sulfide) groups is 1. The largest absolute Gasteiger partial charge is 0.433 e. The molecule has 2 aliphatic rings. The zero-order valence-electron chi connectivity index (χ0n) is 17.7. The van der Waals surface area contributed by atoms with Gasteiger partial charge < -0.3 is 10.1 Å². The Morgan fingerprint density at radius 1 is 1.42 bits per heavy atom. The average molecular weight is 496 g/mol. The minimum absolute atomic E-state index is 0.00143. The van der Waals surface area contributed by atoms with E-state index in [1.807, 2.05) is 13.1 Å². The molecule has 2 amide bonds. The van der Waals surface area contributed by atoms with Crippen LogP contribution in [0.25, 0.3) is 6.08 Å². The quantitative estimate of drug-likeness (QED) is 0.585. The fraction of sp³-hybridized carbons (Fsp3) is 0.333. The first-order chi connectivity index (χ1) is 15.7. The number of nitrogens with one attached hydrogen (secondary N) is 1. The highest BCUT2D eigenvalue weighted by Crippen LogP contribution is 2.35. The van der Waals surface area contributed by atoms with Gasteiger partial charge in [0.2, 0.25) is 5.91 Å². The molecule has 0 bridgehead atoms. The smallest absolute Gasteiger partial charge is 0.387 e. The summed E-state index contributed by atoms with van der Waals surface area (Å²) in [5, 5.41) is 7.35. The normalized spacial score (nSPS) is 17.2. The Morgan fingerprint density at radius 3 is 2.79 bits per heavy atom. The number of halogens is 3. The molecule has 8 nitrogen and oxygen atoms in total. The predicted octanol–water partition coefficient (Wildman–Crippen LogP) is 4.06. The van der Waals surface area contributed by atoms with Crippen molar-refractivity contribution < 1.29 is 23.1 Å². The maximum absolute atomic E-state index is 12.9. The van der Waals surface area contributed by atoms with Crippen LogP contribution in [0.5, 0.6) is 5.75 Å². The Morgan fingerprint density at radius 2 is 2.18 bits per heavy atom. The number of alkyl halides is 2. The number of hydrogen-bond donors (Lipinski definition) is 1. The van der Waals surface area contributed by atoms with Gasteiger partial charge in [-0.3, -0.25) is 19.2 Å². The van der Waals surface area contributed by atoms with Crippen molar-refractivity contribution in [1.29, 1.82) is 0 Å². The van der Waals surface area contributed by atoms with Gasteiger partial charge in [0.15, 0.2) is 5.17 Å². The van der Waals surface area contributed by atoms with Crippen molar-refractivity contribution in [2.75, 3.05) is 11.1 Å². The van der Waals surface area contributed by atoms with E-state index in [1.165, 1.54) is 18.2 Å². The van der Waals surface area contributed by atoms with Crippen molar-refractivity contribution in [2.24, 2.45) is 12.0 Å². The Bertz CT molecular complexity index is 1160. The number of amides is 2. The van der Waals surface area contributed by atoms with E-state index in [9.17, 15) is 18.4 Å². The summed E-state index contributed by atoms with van der Waals surface area (Å²) in [6.07, 6.45) is 5.30. The number of anilines is 1. The number of ether oxygens (including phenoxy) is 1. The summed E-state index contributed by atoms with van der Waals surface area (Å²) in [4.78, 5) is 31.5. The molecule has 1 fully saturated rings. The first-order valence-electron chi connectivity index (χ1n) is 10.0. The van der Waals surface area contributed by atoms with Gasteiger partial charge in [-0.25, -0.2) is 4.99 Å². The Kier molecular flexibility index (Phi) is 6.71. The third-order valence-corrected chi connectivity index (χ3v) is 6.13. The second kappa shape index (κ2) is 9.52. The maximum Gasteiger partial charge on any atom is 0.387 e. The summed E-state index contributed by atoms with van der Waals surface area (Å²) in [5.74, 6) is -0.724. The van der Waals surface area contributed by atoms with E-state index in [1.54, 1.807) is 22.7 Å². The van der Waals surface area contributed by atoms with E-state index in [-0.39, 0.29) is 34.4 Å². The molecule has 4 rings (SSSR count). The van der Waals surface area contributed by atoms with Crippen molar-refractivity contribution in [3.63, 3.8) is 0 Å². The number of benzene rings is 1. The van der Waals surface area contributed by atoms with Crippen LogP contribution in [0.3, 0.4) is 0 Å². The molecule has 1 aliphatic heterocycles. The number of aryl methyl sites for hydroxylation is 2. The number of amidine groups is 1. The highest BCUT2D eigenvalue weighted by atomic mass is 35.5. The Balaban J connectivity index is 1.43. The van der Waals surface area contributed by atoms with Gasteiger partial charge in [0.25, 0.3) is 5.91 Å². The number of aliphatic imine (C=N–C) groups is 1. The molecule has 1 saturated carbocycles. The number of carbonyl (C=O) groups is 2. The first-order valence-corrected chi connectivity index (χ1v) is 11.4. The van der Waals surface area contributed by atoms with Crippen molar-refractivity contribution in [3.8, 4) is 5.75 Å². The average Bonchev–Trinajstić information content (AvgIpc) is 3.45. The van der Waals surface area contributed by atoms with E-state index in [2.05, 4.69) is 20.1 Å². The molecular formula is C21H20ClF2N5O3S. The second-order valence-corrected chi connectivity index (χ2v) is 8.88. The summed E-state index contributed by atoms with van der Waals surface area (Å²) in [7, 11) is 1.80. The highest BCUT2D eigenvalue weighted by Gasteiger charge is 2.41. The van der Waals surface area contributed by atoms with E-state index >= 15 is 0 Å². The minimum atomic E-state index is -3.00. The summed E-state index contributed by atoms with van der Waals surface area (Å²) in [5.41, 5.74) is 2.24. The molecule has 12 heteroatoms. The molecule has 1 aliphatic carbocycles. The highest BCUT2D eigenvalue weighted by molar-refractivity contribution is 8.14. The number of hydrogen-bond acceptors (Lipinski definition) is 6. The summed E-state index contributed by atoms with van der Waals surface area (Å²) in [6.45, 7) is -1.14. The van der Waals surface area contributed by atoms with Crippen LogP contribution < -0.4 is 10.1 Å². The number of carbonyl (C=O) groups excluding carboxylic acids is 2. The van der Waals surface area contributed by atoms with Gasteiger partial charge in [0.05, 0.1) is 16.5 Å². The first kappa shape index (κ1) is 23.2. The third-order valence-electron chi connectivity index (χ3n) is 4.88. The monoisotopic (exact) mass is 495 g/mol. The van der Waals surface area contributed by atoms with Gasteiger partial charge in [0, 0.05) is 30.5 Å². The molecular weight excluding hydrogens is 476 g/mol. The summed E-state index contributed by atoms with van der Waals surface area (Å²) >= 11 is 7.07. The van der Waals surface area contributed by atoms with Crippen LogP contribution in [0, 0.1) is 6.92 Å². The molecule has 1 aromatic heterocycles. The zero-order valence-corrected chi connectivity index (χ0v) is 19.3. The van der Waals surface area contributed by atoms with Gasteiger partial charge in [-0.1, -0.05) is 23.4 Å². The molecule has 2 heterocycles. The van der Waals surface area contributed by atoms with Crippen LogP contribution in [0.4, 0.5) is 14.5 Å². The van der Waals surface area contributed by atoms with Crippen LogP contribution in [-0.4, -0.2) is 50.1 Å². The van der Waals surface area contributed by atoms with Crippen LogP contribution in [0.2, 0.25) is 5.02 Å². The topological polar surface area (TPSA) is 88.8 Å². The second-order valence-electron chi connectivity index (χ2n) is 7.53. The molecule has 2 aromatic rings. The lowest BCUT2D eigenvalue weighted by atomic mass is 10.2. The van der Waals surface area contributed by atoms with E-state index in [0.717, 1.165) is 35.9 Å². The molecule has 0 radical (unpaired) electrons. The van der Waals surface area contributed by atoms with Crippen LogP contribution in [0.15, 0.2) is 35.1 Å². The molecule has 0 unspecified atom stereocenters. The SMILES string of the molecule is Cc1nn(C)cc1/C=C1\N=C(SCC(=O)Nc2ccc(OC(F)F)c(Cl)c2)N(C2CC2)C1=O. The van der Waals surface area contributed by atoms with Gasteiger partial charge in [-0.15, -0.1) is 0 Å². The summed E-state index contributed by atoms with van der Waals surface area (Å²) in [6, 6.07) is 4.08. The molecule has 0 atom stereocenters. The summed E-state index contributed by atoms with van der Waals surface area (Å²) < 4.78 is 30.7. The standard InChI is InChI=1S/C21H20ClF2N5O3S/c1-11-12(9-28(2)27-11)7-16-19(31)29(14-4-5-14)21(26-16)33-10-18(30)25-13-3-6-17(15(22)8-13)32-20(23)24/h3,6-9,14,20H,4-5,10H2,1-2H3,(H,25,30)/b16-7-. The van der Waals surface area contributed by atoms with E-state index in [0.29, 0.717) is 16.6 Å².